The number of benzene rings is 2. The highest BCUT2D eigenvalue weighted by molar-refractivity contribution is 5.94. The van der Waals surface area contributed by atoms with Crippen LogP contribution in [0.4, 0.5) is 4.39 Å². The Labute approximate surface area is 150 Å². The minimum absolute atomic E-state index is 0.0116. The normalized spacial score (nSPS) is 12.6. The average Bonchev–Trinajstić information content (AvgIpc) is 3.10. The van der Waals surface area contributed by atoms with Gasteiger partial charge in [-0.3, -0.25) is 4.79 Å². The summed E-state index contributed by atoms with van der Waals surface area (Å²) in [5, 5.41) is 11.9. The molecule has 1 aliphatic carbocycles. The van der Waals surface area contributed by atoms with Gasteiger partial charge in [0.2, 0.25) is 0 Å². The summed E-state index contributed by atoms with van der Waals surface area (Å²) in [5.41, 5.74) is 3.69. The molecular weight excluding hydrogens is 337 g/mol. The number of carbonyl (C=O) groups is 2. The summed E-state index contributed by atoms with van der Waals surface area (Å²) < 4.78 is 19.6. The van der Waals surface area contributed by atoms with E-state index in [0.717, 1.165) is 36.0 Å². The second-order valence-corrected chi connectivity index (χ2v) is 6.30. The maximum atomic E-state index is 14.2. The third-order valence-electron chi connectivity index (χ3n) is 4.78. The fourth-order valence-corrected chi connectivity index (χ4v) is 3.60. The number of hydrogen-bond donors (Lipinski definition) is 2. The van der Waals surface area contributed by atoms with Crippen LogP contribution in [-0.2, 0) is 19.3 Å². The summed E-state index contributed by atoms with van der Waals surface area (Å²) in [4.78, 5) is 23.2. The van der Waals surface area contributed by atoms with Crippen LogP contribution in [0.1, 0.15) is 49.4 Å². The van der Waals surface area contributed by atoms with Crippen molar-refractivity contribution < 1.29 is 23.8 Å². The van der Waals surface area contributed by atoms with Crippen LogP contribution in [0.5, 0.6) is 5.75 Å². The molecule has 0 aromatic heterocycles. The van der Waals surface area contributed by atoms with E-state index in [-0.39, 0.29) is 11.1 Å². The van der Waals surface area contributed by atoms with E-state index in [4.69, 9.17) is 4.74 Å². The summed E-state index contributed by atoms with van der Waals surface area (Å²) in [6.45, 7) is 0. The molecule has 6 heteroatoms. The van der Waals surface area contributed by atoms with Gasteiger partial charge in [-0.05, 0) is 66.1 Å². The maximum absolute atomic E-state index is 14.2. The Kier molecular flexibility index (Phi) is 4.93. The van der Waals surface area contributed by atoms with Crippen LogP contribution in [-0.4, -0.2) is 31.1 Å². The van der Waals surface area contributed by atoms with Crippen molar-refractivity contribution in [2.75, 3.05) is 14.2 Å². The third-order valence-corrected chi connectivity index (χ3v) is 4.78. The van der Waals surface area contributed by atoms with Gasteiger partial charge in [0.05, 0.1) is 12.7 Å². The zero-order chi connectivity index (χ0) is 18.8. The Bertz CT molecular complexity index is 892. The molecule has 3 rings (SSSR count). The zero-order valence-electron chi connectivity index (χ0n) is 14.7. The Balaban J connectivity index is 2.02. The number of hydrogen-bond acceptors (Lipinski definition) is 3. The first kappa shape index (κ1) is 17.9. The van der Waals surface area contributed by atoms with Gasteiger partial charge >= 0.3 is 5.97 Å². The molecule has 0 bridgehead atoms. The molecule has 0 saturated carbocycles. The minimum Gasteiger partial charge on any atom is -0.496 e. The van der Waals surface area contributed by atoms with E-state index in [9.17, 15) is 19.1 Å². The molecule has 2 aromatic rings. The lowest BCUT2D eigenvalue weighted by Crippen LogP contribution is -2.19. The van der Waals surface area contributed by atoms with Gasteiger partial charge < -0.3 is 15.2 Å². The number of fused-ring (bicyclic) bond motifs is 1. The molecule has 2 aromatic carbocycles. The molecule has 136 valence electrons. The lowest BCUT2D eigenvalue weighted by atomic mass is 9.93. The molecule has 0 atom stereocenters. The van der Waals surface area contributed by atoms with Crippen LogP contribution in [0.3, 0.4) is 0 Å². The first-order valence-electron chi connectivity index (χ1n) is 8.41. The molecule has 0 aliphatic heterocycles. The standard InChI is InChI=1S/C20H20FNO4/c1-22-19(23)15-7-6-11(9-17(15)21)8-12-10-16(20(24)25)18(26-2)14-5-3-4-13(12)14/h6-7,9-10H,3-5,8H2,1-2H3,(H,22,23)(H,24,25). The van der Waals surface area contributed by atoms with Crippen molar-refractivity contribution in [1.29, 1.82) is 0 Å². The third kappa shape index (κ3) is 3.14. The Morgan fingerprint density at radius 2 is 1.92 bits per heavy atom. The van der Waals surface area contributed by atoms with Crippen molar-refractivity contribution in [3.8, 4) is 5.75 Å². The number of rotatable bonds is 5. The molecule has 0 heterocycles. The first-order chi connectivity index (χ1) is 12.5. The quantitative estimate of drug-likeness (QED) is 0.863. The van der Waals surface area contributed by atoms with Crippen molar-refractivity contribution in [3.05, 3.63) is 63.5 Å². The SMILES string of the molecule is CNC(=O)c1ccc(Cc2cc(C(=O)O)c(OC)c3c2CCC3)cc1F. The van der Waals surface area contributed by atoms with Crippen molar-refractivity contribution >= 4 is 11.9 Å². The van der Waals surface area contributed by atoms with Crippen LogP contribution < -0.4 is 10.1 Å². The lowest BCUT2D eigenvalue weighted by molar-refractivity contribution is 0.0692. The van der Waals surface area contributed by atoms with Gasteiger partial charge in [0, 0.05) is 7.05 Å². The second-order valence-electron chi connectivity index (χ2n) is 6.30. The highest BCUT2D eigenvalue weighted by atomic mass is 19.1. The molecule has 1 amide bonds. The van der Waals surface area contributed by atoms with Crippen LogP contribution >= 0.6 is 0 Å². The first-order valence-corrected chi connectivity index (χ1v) is 8.41. The average molecular weight is 357 g/mol. The topological polar surface area (TPSA) is 75.6 Å². The molecule has 2 N–H and O–H groups in total. The number of halogens is 1. The molecule has 26 heavy (non-hydrogen) atoms. The molecule has 1 aliphatic rings. The van der Waals surface area contributed by atoms with Gasteiger partial charge in [-0.15, -0.1) is 0 Å². The predicted molar refractivity (Wildman–Crippen MR) is 94.6 cm³/mol. The summed E-state index contributed by atoms with van der Waals surface area (Å²) in [6.07, 6.45) is 2.96. The van der Waals surface area contributed by atoms with Crippen LogP contribution in [0.15, 0.2) is 24.3 Å². The number of amides is 1. The van der Waals surface area contributed by atoms with E-state index in [1.165, 1.54) is 26.3 Å². The van der Waals surface area contributed by atoms with Crippen LogP contribution in [0, 0.1) is 5.82 Å². The monoisotopic (exact) mass is 357 g/mol. The molecule has 0 radical (unpaired) electrons. The number of carboxylic acid groups (broad SMARTS) is 1. The van der Waals surface area contributed by atoms with Crippen LogP contribution in [0.25, 0.3) is 0 Å². The summed E-state index contributed by atoms with van der Waals surface area (Å²) in [7, 11) is 2.93. The Hall–Kier alpha value is -2.89. The highest BCUT2D eigenvalue weighted by Crippen LogP contribution is 2.37. The van der Waals surface area contributed by atoms with Gasteiger partial charge in [-0.2, -0.15) is 0 Å². The van der Waals surface area contributed by atoms with Crippen molar-refractivity contribution in [2.45, 2.75) is 25.7 Å². The number of methoxy groups -OCH3 is 1. The fourth-order valence-electron chi connectivity index (χ4n) is 3.60. The van der Waals surface area contributed by atoms with Crippen molar-refractivity contribution in [1.82, 2.24) is 5.32 Å². The predicted octanol–water partition coefficient (Wildman–Crippen LogP) is 2.97. The molecule has 0 saturated heterocycles. The van der Waals surface area contributed by atoms with Gasteiger partial charge in [-0.1, -0.05) is 6.07 Å². The van der Waals surface area contributed by atoms with E-state index >= 15 is 0 Å². The van der Waals surface area contributed by atoms with Gasteiger partial charge in [0.1, 0.15) is 17.1 Å². The van der Waals surface area contributed by atoms with E-state index < -0.39 is 17.7 Å². The van der Waals surface area contributed by atoms with E-state index in [1.54, 1.807) is 12.1 Å². The number of carbonyl (C=O) groups excluding carboxylic acids is 1. The number of ether oxygens (including phenoxy) is 1. The number of nitrogens with one attached hydrogen (secondary N) is 1. The Morgan fingerprint density at radius 3 is 2.54 bits per heavy atom. The fraction of sp³-hybridized carbons (Fsp3) is 0.300. The van der Waals surface area contributed by atoms with Crippen molar-refractivity contribution in [3.63, 3.8) is 0 Å². The highest BCUT2D eigenvalue weighted by Gasteiger charge is 2.25. The largest absolute Gasteiger partial charge is 0.496 e. The summed E-state index contributed by atoms with van der Waals surface area (Å²) >= 11 is 0. The maximum Gasteiger partial charge on any atom is 0.339 e. The molecule has 0 unspecified atom stereocenters. The smallest absolute Gasteiger partial charge is 0.339 e. The van der Waals surface area contributed by atoms with Gasteiger partial charge in [0.25, 0.3) is 5.91 Å². The van der Waals surface area contributed by atoms with Gasteiger partial charge in [0.15, 0.2) is 0 Å². The van der Waals surface area contributed by atoms with E-state index in [0.29, 0.717) is 17.7 Å². The minimum atomic E-state index is -1.04. The van der Waals surface area contributed by atoms with Crippen molar-refractivity contribution in [2.24, 2.45) is 0 Å². The van der Waals surface area contributed by atoms with Crippen LogP contribution in [0.2, 0.25) is 0 Å². The number of carboxylic acids is 1. The molecule has 0 spiro atoms. The van der Waals surface area contributed by atoms with Gasteiger partial charge in [-0.25, -0.2) is 9.18 Å². The Morgan fingerprint density at radius 1 is 1.19 bits per heavy atom. The molecule has 5 nitrogen and oxygen atoms in total. The number of aromatic carboxylic acids is 1. The molecular formula is C20H20FNO4. The summed E-state index contributed by atoms with van der Waals surface area (Å²) in [6, 6.07) is 6.09. The molecule has 0 fully saturated rings. The second kappa shape index (κ2) is 7.15. The summed E-state index contributed by atoms with van der Waals surface area (Å²) in [5.74, 6) is -1.69. The van der Waals surface area contributed by atoms with E-state index in [2.05, 4.69) is 5.32 Å². The zero-order valence-corrected chi connectivity index (χ0v) is 14.7. The lowest BCUT2D eigenvalue weighted by Gasteiger charge is -2.16. The van der Waals surface area contributed by atoms with E-state index in [1.807, 2.05) is 0 Å².